The van der Waals surface area contributed by atoms with Crippen molar-refractivity contribution in [1.29, 1.82) is 0 Å². The fourth-order valence-corrected chi connectivity index (χ4v) is 1.69. The maximum absolute atomic E-state index is 11.6. The van der Waals surface area contributed by atoms with Gasteiger partial charge in [0.05, 0.1) is 0 Å². The Bertz CT molecular complexity index is 389. The molecule has 0 aliphatic carbocycles. The van der Waals surface area contributed by atoms with Gasteiger partial charge >= 0.3 is 5.69 Å². The predicted molar refractivity (Wildman–Crippen MR) is 54.8 cm³/mol. The van der Waals surface area contributed by atoms with Gasteiger partial charge < -0.3 is 20.6 Å². The Labute approximate surface area is 86.5 Å². The number of hydrogen-bond donors (Lipinski definition) is 4. The number of amides is 1. The second-order valence-electron chi connectivity index (χ2n) is 3.67. The number of carbonyl (C=O) groups is 1. The van der Waals surface area contributed by atoms with Gasteiger partial charge in [0.15, 0.2) is 0 Å². The van der Waals surface area contributed by atoms with Gasteiger partial charge in [-0.25, -0.2) is 4.79 Å². The van der Waals surface area contributed by atoms with E-state index in [0.29, 0.717) is 0 Å². The zero-order chi connectivity index (χ0) is 10.7. The van der Waals surface area contributed by atoms with Crippen molar-refractivity contribution in [1.82, 2.24) is 20.6 Å². The van der Waals surface area contributed by atoms with Crippen LogP contribution in [0.15, 0.2) is 11.0 Å². The van der Waals surface area contributed by atoms with Crippen molar-refractivity contribution < 1.29 is 4.79 Å². The molecule has 4 N–H and O–H groups in total. The highest BCUT2D eigenvalue weighted by Gasteiger charge is 2.16. The molecule has 2 rings (SSSR count). The summed E-state index contributed by atoms with van der Waals surface area (Å²) in [5, 5.41) is 6.06. The van der Waals surface area contributed by atoms with Gasteiger partial charge in [-0.15, -0.1) is 0 Å². The molecule has 1 saturated heterocycles. The van der Waals surface area contributed by atoms with Crippen molar-refractivity contribution >= 4 is 5.91 Å². The van der Waals surface area contributed by atoms with Crippen LogP contribution in [-0.4, -0.2) is 35.0 Å². The monoisotopic (exact) mass is 210 g/mol. The standard InChI is InChI=1S/C9H14N4O2/c14-8(7-5-11-9(15)13-7)12-6-2-1-3-10-4-6/h5-6,10H,1-4H2,(H,12,14)(H2,11,13,15)/t6-/m1/s1. The molecule has 0 unspecified atom stereocenters. The first kappa shape index (κ1) is 9.97. The summed E-state index contributed by atoms with van der Waals surface area (Å²) in [7, 11) is 0. The van der Waals surface area contributed by atoms with E-state index in [2.05, 4.69) is 20.6 Å². The van der Waals surface area contributed by atoms with Crippen LogP contribution < -0.4 is 16.3 Å². The van der Waals surface area contributed by atoms with Crippen LogP contribution >= 0.6 is 0 Å². The Morgan fingerprint density at radius 3 is 3.00 bits per heavy atom. The highest BCUT2D eigenvalue weighted by Crippen LogP contribution is 2.02. The van der Waals surface area contributed by atoms with Gasteiger partial charge in [-0.2, -0.15) is 0 Å². The van der Waals surface area contributed by atoms with E-state index < -0.39 is 0 Å². The van der Waals surface area contributed by atoms with Gasteiger partial charge in [0.1, 0.15) is 5.69 Å². The molecule has 1 atom stereocenters. The molecule has 6 nitrogen and oxygen atoms in total. The van der Waals surface area contributed by atoms with Crippen LogP contribution in [-0.2, 0) is 0 Å². The van der Waals surface area contributed by atoms with Crippen LogP contribution in [0.25, 0.3) is 0 Å². The third kappa shape index (κ3) is 2.47. The Kier molecular flexibility index (Phi) is 2.86. The predicted octanol–water partition coefficient (Wildman–Crippen LogP) is -0.815. The third-order valence-corrected chi connectivity index (χ3v) is 2.47. The van der Waals surface area contributed by atoms with Gasteiger partial charge in [-0.3, -0.25) is 4.79 Å². The Morgan fingerprint density at radius 2 is 2.40 bits per heavy atom. The van der Waals surface area contributed by atoms with Crippen LogP contribution in [0.1, 0.15) is 23.3 Å². The first-order chi connectivity index (χ1) is 7.25. The molecule has 1 amide bonds. The molecule has 1 aromatic rings. The van der Waals surface area contributed by atoms with E-state index in [1.165, 1.54) is 6.20 Å². The molecule has 15 heavy (non-hydrogen) atoms. The van der Waals surface area contributed by atoms with Crippen molar-refractivity contribution in [3.05, 3.63) is 22.4 Å². The fraction of sp³-hybridized carbons (Fsp3) is 0.556. The minimum absolute atomic E-state index is 0.157. The summed E-state index contributed by atoms with van der Waals surface area (Å²) in [5.41, 5.74) is -0.0764. The lowest BCUT2D eigenvalue weighted by Crippen LogP contribution is -2.45. The fourth-order valence-electron chi connectivity index (χ4n) is 1.69. The summed E-state index contributed by atoms with van der Waals surface area (Å²) in [6.45, 7) is 1.80. The summed E-state index contributed by atoms with van der Waals surface area (Å²) >= 11 is 0. The number of hydrogen-bond acceptors (Lipinski definition) is 3. The highest BCUT2D eigenvalue weighted by atomic mass is 16.2. The van der Waals surface area contributed by atoms with E-state index in [-0.39, 0.29) is 23.3 Å². The largest absolute Gasteiger partial charge is 0.347 e. The van der Waals surface area contributed by atoms with E-state index in [0.717, 1.165) is 25.9 Å². The molecular weight excluding hydrogens is 196 g/mol. The first-order valence-corrected chi connectivity index (χ1v) is 5.05. The van der Waals surface area contributed by atoms with Crippen molar-refractivity contribution in [3.63, 3.8) is 0 Å². The van der Waals surface area contributed by atoms with E-state index in [4.69, 9.17) is 0 Å². The molecule has 0 saturated carbocycles. The van der Waals surface area contributed by atoms with Gasteiger partial charge in [-0.1, -0.05) is 0 Å². The van der Waals surface area contributed by atoms with Crippen LogP contribution in [0.3, 0.4) is 0 Å². The summed E-state index contributed by atoms with van der Waals surface area (Å²) in [6.07, 6.45) is 3.43. The molecule has 6 heteroatoms. The van der Waals surface area contributed by atoms with E-state index in [1.54, 1.807) is 0 Å². The number of nitrogens with one attached hydrogen (secondary N) is 4. The maximum Gasteiger partial charge on any atom is 0.323 e. The number of aromatic nitrogens is 2. The number of H-pyrrole nitrogens is 2. The van der Waals surface area contributed by atoms with Crippen molar-refractivity contribution in [2.75, 3.05) is 13.1 Å². The van der Waals surface area contributed by atoms with E-state index in [1.807, 2.05) is 0 Å². The molecule has 1 aliphatic rings. The van der Waals surface area contributed by atoms with Crippen LogP contribution in [0, 0.1) is 0 Å². The van der Waals surface area contributed by atoms with E-state index in [9.17, 15) is 9.59 Å². The van der Waals surface area contributed by atoms with Crippen LogP contribution in [0.2, 0.25) is 0 Å². The third-order valence-electron chi connectivity index (χ3n) is 2.47. The Morgan fingerprint density at radius 1 is 1.53 bits per heavy atom. The molecule has 82 valence electrons. The topological polar surface area (TPSA) is 89.8 Å². The summed E-state index contributed by atoms with van der Waals surface area (Å²) in [4.78, 5) is 27.2. The number of piperidine rings is 1. The second-order valence-corrected chi connectivity index (χ2v) is 3.67. The minimum Gasteiger partial charge on any atom is -0.347 e. The Balaban J connectivity index is 1.94. The smallest absolute Gasteiger partial charge is 0.323 e. The minimum atomic E-state index is -0.359. The zero-order valence-electron chi connectivity index (χ0n) is 8.30. The Hall–Kier alpha value is -1.56. The second kappa shape index (κ2) is 4.31. The van der Waals surface area contributed by atoms with Gasteiger partial charge in [0.2, 0.25) is 0 Å². The molecule has 0 spiro atoms. The number of imidazole rings is 1. The molecule has 0 radical (unpaired) electrons. The molecule has 1 fully saturated rings. The lowest BCUT2D eigenvalue weighted by atomic mass is 10.1. The maximum atomic E-state index is 11.6. The van der Waals surface area contributed by atoms with Crippen LogP contribution in [0.4, 0.5) is 0 Å². The SMILES string of the molecule is O=C(N[C@@H]1CCCNC1)c1c[nH]c(=O)[nH]1. The van der Waals surface area contributed by atoms with Gasteiger partial charge in [0.25, 0.3) is 5.91 Å². The summed E-state index contributed by atoms with van der Waals surface area (Å²) in [5.74, 6) is -0.234. The average Bonchev–Trinajstić information content (AvgIpc) is 2.66. The number of rotatable bonds is 2. The van der Waals surface area contributed by atoms with Crippen molar-refractivity contribution in [3.8, 4) is 0 Å². The molecule has 1 aliphatic heterocycles. The van der Waals surface area contributed by atoms with Crippen LogP contribution in [0.5, 0.6) is 0 Å². The van der Waals surface area contributed by atoms with E-state index >= 15 is 0 Å². The van der Waals surface area contributed by atoms with Gasteiger partial charge in [-0.05, 0) is 19.4 Å². The normalized spacial score (nSPS) is 21.2. The lowest BCUT2D eigenvalue weighted by molar-refractivity contribution is 0.0926. The van der Waals surface area contributed by atoms with Gasteiger partial charge in [0, 0.05) is 18.8 Å². The van der Waals surface area contributed by atoms with Crippen molar-refractivity contribution in [2.45, 2.75) is 18.9 Å². The summed E-state index contributed by atoms with van der Waals surface area (Å²) < 4.78 is 0. The summed E-state index contributed by atoms with van der Waals surface area (Å²) in [6, 6.07) is 0.157. The lowest BCUT2D eigenvalue weighted by Gasteiger charge is -2.23. The quantitative estimate of drug-likeness (QED) is 0.514. The first-order valence-electron chi connectivity index (χ1n) is 5.05. The molecule has 0 aromatic carbocycles. The molecule has 0 bridgehead atoms. The van der Waals surface area contributed by atoms with Crippen molar-refractivity contribution in [2.24, 2.45) is 0 Å². The zero-order valence-corrected chi connectivity index (χ0v) is 8.30. The molecular formula is C9H14N4O2. The molecule has 1 aromatic heterocycles. The number of aromatic amines is 2. The average molecular weight is 210 g/mol. The highest BCUT2D eigenvalue weighted by molar-refractivity contribution is 5.92. The number of carbonyl (C=O) groups excluding carboxylic acids is 1. The molecule has 2 heterocycles.